The number of methoxy groups -OCH3 is 1. The lowest BCUT2D eigenvalue weighted by atomic mass is 10.1. The van der Waals surface area contributed by atoms with Crippen LogP contribution >= 0.6 is 0 Å². The molecule has 1 heterocycles. The molecule has 1 aliphatic rings. The van der Waals surface area contributed by atoms with Crippen LogP contribution in [-0.2, 0) is 13.0 Å². The molecule has 0 fully saturated rings. The third-order valence-corrected chi connectivity index (χ3v) is 4.13. The molecule has 0 saturated carbocycles. The van der Waals surface area contributed by atoms with Gasteiger partial charge in [-0.1, -0.05) is 18.2 Å². The number of aliphatic imine (C=N–C) groups is 1. The summed E-state index contributed by atoms with van der Waals surface area (Å²) in [6, 6.07) is 14.1. The zero-order valence-corrected chi connectivity index (χ0v) is 15.2. The largest absolute Gasteiger partial charge is 0.497 e. The van der Waals surface area contributed by atoms with Gasteiger partial charge in [-0.25, -0.2) is 0 Å². The molecule has 6 heteroatoms. The predicted molar refractivity (Wildman–Crippen MR) is 102 cm³/mol. The fraction of sp³-hybridized carbons (Fsp3) is 0.350. The normalized spacial score (nSPS) is 13.2. The molecule has 2 aromatic rings. The Bertz CT molecular complexity index is 762. The third kappa shape index (κ3) is 4.81. The van der Waals surface area contributed by atoms with E-state index < -0.39 is 0 Å². The first-order chi connectivity index (χ1) is 12.8. The molecule has 3 rings (SSSR count). The van der Waals surface area contributed by atoms with Crippen LogP contribution in [0.25, 0.3) is 0 Å². The molecule has 0 aliphatic carbocycles. The van der Waals surface area contributed by atoms with Gasteiger partial charge in [0, 0.05) is 20.1 Å². The summed E-state index contributed by atoms with van der Waals surface area (Å²) >= 11 is 0. The van der Waals surface area contributed by atoms with Crippen LogP contribution in [0.4, 0.5) is 0 Å². The van der Waals surface area contributed by atoms with Crippen LogP contribution < -0.4 is 24.8 Å². The van der Waals surface area contributed by atoms with Crippen LogP contribution in [0, 0.1) is 0 Å². The van der Waals surface area contributed by atoms with Gasteiger partial charge in [0.2, 0.25) is 0 Å². The van der Waals surface area contributed by atoms with Crippen molar-refractivity contribution < 1.29 is 14.2 Å². The molecule has 0 radical (unpaired) electrons. The first-order valence-electron chi connectivity index (χ1n) is 8.74. The number of benzene rings is 2. The maximum Gasteiger partial charge on any atom is 0.191 e. The third-order valence-electron chi connectivity index (χ3n) is 4.13. The Balaban J connectivity index is 1.47. The van der Waals surface area contributed by atoms with Crippen molar-refractivity contribution in [3.63, 3.8) is 0 Å². The van der Waals surface area contributed by atoms with Crippen molar-refractivity contribution in [1.82, 2.24) is 10.6 Å². The second kappa shape index (κ2) is 8.99. The van der Waals surface area contributed by atoms with Gasteiger partial charge in [0.05, 0.1) is 7.11 Å². The van der Waals surface area contributed by atoms with E-state index in [1.165, 1.54) is 5.56 Å². The molecule has 2 N–H and O–H groups in total. The summed E-state index contributed by atoms with van der Waals surface area (Å²) < 4.78 is 16.4. The van der Waals surface area contributed by atoms with Gasteiger partial charge in [-0.05, 0) is 41.8 Å². The van der Waals surface area contributed by atoms with Crippen LogP contribution in [0.15, 0.2) is 47.5 Å². The lowest BCUT2D eigenvalue weighted by Crippen LogP contribution is -2.37. The van der Waals surface area contributed by atoms with Gasteiger partial charge < -0.3 is 24.8 Å². The first kappa shape index (κ1) is 17.9. The Morgan fingerprint density at radius 1 is 1.04 bits per heavy atom. The zero-order chi connectivity index (χ0) is 18.2. The number of guanidine groups is 1. The molecular weight excluding hydrogens is 330 g/mol. The van der Waals surface area contributed by atoms with Crippen LogP contribution in [-0.4, -0.2) is 39.9 Å². The fourth-order valence-corrected chi connectivity index (χ4v) is 2.76. The Kier molecular flexibility index (Phi) is 6.19. The van der Waals surface area contributed by atoms with E-state index in [9.17, 15) is 0 Å². The van der Waals surface area contributed by atoms with Gasteiger partial charge in [-0.2, -0.15) is 0 Å². The van der Waals surface area contributed by atoms with E-state index in [1.54, 1.807) is 14.2 Å². The van der Waals surface area contributed by atoms with Crippen LogP contribution in [0.5, 0.6) is 17.2 Å². The monoisotopic (exact) mass is 355 g/mol. The van der Waals surface area contributed by atoms with Crippen molar-refractivity contribution in [2.45, 2.75) is 13.0 Å². The molecule has 6 nitrogen and oxygen atoms in total. The summed E-state index contributed by atoms with van der Waals surface area (Å²) in [6.45, 7) is 2.68. The minimum Gasteiger partial charge on any atom is -0.497 e. The maximum atomic E-state index is 5.63. The van der Waals surface area contributed by atoms with Gasteiger partial charge >= 0.3 is 0 Å². The summed E-state index contributed by atoms with van der Waals surface area (Å²) in [5.74, 6) is 3.27. The molecule has 0 saturated heterocycles. The van der Waals surface area contributed by atoms with Crippen molar-refractivity contribution in [1.29, 1.82) is 0 Å². The Labute approximate surface area is 154 Å². The molecular formula is C20H25N3O3. The second-order valence-corrected chi connectivity index (χ2v) is 5.93. The molecule has 0 aromatic heterocycles. The van der Waals surface area contributed by atoms with Gasteiger partial charge in [0.1, 0.15) is 19.0 Å². The smallest absolute Gasteiger partial charge is 0.191 e. The minimum atomic E-state index is 0.607. The average molecular weight is 355 g/mol. The average Bonchev–Trinajstić information content (AvgIpc) is 2.70. The summed E-state index contributed by atoms with van der Waals surface area (Å²) in [6.07, 6.45) is 0.872. The van der Waals surface area contributed by atoms with E-state index in [-0.39, 0.29) is 0 Å². The minimum absolute atomic E-state index is 0.607. The first-order valence-corrected chi connectivity index (χ1v) is 8.74. The maximum absolute atomic E-state index is 5.63. The summed E-state index contributed by atoms with van der Waals surface area (Å²) in [5, 5.41) is 6.64. The molecule has 0 amide bonds. The van der Waals surface area contributed by atoms with Gasteiger partial charge in [0.25, 0.3) is 0 Å². The van der Waals surface area contributed by atoms with Gasteiger partial charge in [-0.3, -0.25) is 4.99 Å². The summed E-state index contributed by atoms with van der Waals surface area (Å²) in [7, 11) is 3.44. The number of nitrogens with zero attached hydrogens (tertiary/aromatic N) is 1. The Hall–Kier alpha value is -2.89. The SMILES string of the molecule is CN=C(NCCc1ccc2c(c1)OCCO2)NCc1cccc(OC)c1. The molecule has 0 bridgehead atoms. The lowest BCUT2D eigenvalue weighted by Gasteiger charge is -2.19. The van der Waals surface area contributed by atoms with Crippen LogP contribution in [0.2, 0.25) is 0 Å². The second-order valence-electron chi connectivity index (χ2n) is 5.93. The molecule has 2 aromatic carbocycles. The van der Waals surface area contributed by atoms with Crippen molar-refractivity contribution in [2.75, 3.05) is 33.9 Å². The highest BCUT2D eigenvalue weighted by atomic mass is 16.6. The summed E-state index contributed by atoms with van der Waals surface area (Å²) in [4.78, 5) is 4.27. The number of nitrogens with one attached hydrogen (secondary N) is 2. The van der Waals surface area contributed by atoms with E-state index in [4.69, 9.17) is 14.2 Å². The molecule has 138 valence electrons. The van der Waals surface area contributed by atoms with Crippen molar-refractivity contribution in [2.24, 2.45) is 4.99 Å². The van der Waals surface area contributed by atoms with E-state index in [0.29, 0.717) is 19.8 Å². The molecule has 0 unspecified atom stereocenters. The highest BCUT2D eigenvalue weighted by Crippen LogP contribution is 2.30. The molecule has 0 spiro atoms. The highest BCUT2D eigenvalue weighted by Gasteiger charge is 2.11. The Morgan fingerprint density at radius 3 is 2.69 bits per heavy atom. The molecule has 26 heavy (non-hydrogen) atoms. The fourth-order valence-electron chi connectivity index (χ4n) is 2.76. The highest BCUT2D eigenvalue weighted by molar-refractivity contribution is 5.79. The van der Waals surface area contributed by atoms with E-state index >= 15 is 0 Å². The predicted octanol–water partition coefficient (Wildman–Crippen LogP) is 2.37. The van der Waals surface area contributed by atoms with E-state index in [1.807, 2.05) is 30.3 Å². The van der Waals surface area contributed by atoms with Crippen LogP contribution in [0.1, 0.15) is 11.1 Å². The quantitative estimate of drug-likeness (QED) is 0.615. The lowest BCUT2D eigenvalue weighted by molar-refractivity contribution is 0.171. The number of fused-ring (bicyclic) bond motifs is 1. The van der Waals surface area contributed by atoms with Crippen molar-refractivity contribution in [3.05, 3.63) is 53.6 Å². The topological polar surface area (TPSA) is 64.1 Å². The van der Waals surface area contributed by atoms with Gasteiger partial charge in [0.15, 0.2) is 17.5 Å². The summed E-state index contributed by atoms with van der Waals surface area (Å²) in [5.41, 5.74) is 2.34. The molecule has 1 aliphatic heterocycles. The van der Waals surface area contributed by atoms with E-state index in [0.717, 1.165) is 41.7 Å². The zero-order valence-electron chi connectivity index (χ0n) is 15.2. The van der Waals surface area contributed by atoms with Crippen molar-refractivity contribution in [3.8, 4) is 17.2 Å². The number of hydrogen-bond donors (Lipinski definition) is 2. The van der Waals surface area contributed by atoms with Crippen molar-refractivity contribution >= 4 is 5.96 Å². The van der Waals surface area contributed by atoms with Crippen LogP contribution in [0.3, 0.4) is 0 Å². The number of rotatable bonds is 6. The Morgan fingerprint density at radius 2 is 1.88 bits per heavy atom. The molecule has 0 atom stereocenters. The number of hydrogen-bond acceptors (Lipinski definition) is 4. The van der Waals surface area contributed by atoms with Gasteiger partial charge in [-0.15, -0.1) is 0 Å². The van der Waals surface area contributed by atoms with E-state index in [2.05, 4.69) is 27.8 Å². The number of ether oxygens (including phenoxy) is 3. The standard InChI is InChI=1S/C20H25N3O3/c1-21-20(23-14-16-4-3-5-17(12-16)24-2)22-9-8-15-6-7-18-19(13-15)26-11-10-25-18/h3-7,12-13H,8-11,14H2,1-2H3,(H2,21,22,23).